The van der Waals surface area contributed by atoms with E-state index in [9.17, 15) is 9.18 Å². The first kappa shape index (κ1) is 12.0. The van der Waals surface area contributed by atoms with Crippen molar-refractivity contribution >= 4 is 11.7 Å². The van der Waals surface area contributed by atoms with E-state index in [4.69, 9.17) is 10.5 Å². The number of hydrogen-bond donors (Lipinski definition) is 1. The Hall–Kier alpha value is -2.43. The summed E-state index contributed by atoms with van der Waals surface area (Å²) in [5, 5.41) is 0. The minimum atomic E-state index is -0.579. The lowest BCUT2D eigenvalue weighted by Crippen LogP contribution is -2.08. The molecule has 0 atom stereocenters. The second-order valence-electron chi connectivity index (χ2n) is 3.66. The maximum Gasteiger partial charge on any atom is 0.340 e. The van der Waals surface area contributed by atoms with Gasteiger partial charge < -0.3 is 10.5 Å². The van der Waals surface area contributed by atoms with E-state index in [0.29, 0.717) is 0 Å². The van der Waals surface area contributed by atoms with Crippen LogP contribution in [-0.4, -0.2) is 11.0 Å². The molecule has 92 valence electrons. The number of anilines is 1. The second-order valence-corrected chi connectivity index (χ2v) is 3.66. The van der Waals surface area contributed by atoms with Gasteiger partial charge in [0, 0.05) is 18.1 Å². The number of ether oxygens (including phenoxy) is 1. The molecule has 1 heterocycles. The molecule has 1 aromatic carbocycles. The smallest absolute Gasteiger partial charge is 0.340 e. The summed E-state index contributed by atoms with van der Waals surface area (Å²) in [7, 11) is 0. The van der Waals surface area contributed by atoms with E-state index in [-0.39, 0.29) is 17.9 Å². The predicted molar refractivity (Wildman–Crippen MR) is 64.2 cm³/mol. The molecule has 0 aliphatic carbocycles. The van der Waals surface area contributed by atoms with Gasteiger partial charge in [0.05, 0.1) is 5.56 Å². The monoisotopic (exact) mass is 246 g/mol. The van der Waals surface area contributed by atoms with E-state index >= 15 is 0 Å². The van der Waals surface area contributed by atoms with E-state index in [1.807, 2.05) is 0 Å². The lowest BCUT2D eigenvalue weighted by molar-refractivity contribution is 0.0474. The normalized spacial score (nSPS) is 10.1. The molecule has 4 nitrogen and oxygen atoms in total. The van der Waals surface area contributed by atoms with E-state index in [1.54, 1.807) is 24.5 Å². The number of hydrogen-bond acceptors (Lipinski definition) is 4. The van der Waals surface area contributed by atoms with Crippen molar-refractivity contribution in [3.8, 4) is 0 Å². The first-order valence-corrected chi connectivity index (χ1v) is 5.28. The lowest BCUT2D eigenvalue weighted by Gasteiger charge is -2.06. The molecule has 0 saturated carbocycles. The van der Waals surface area contributed by atoms with Crippen molar-refractivity contribution in [1.82, 2.24) is 4.98 Å². The molecule has 0 bridgehead atoms. The molecule has 0 spiro atoms. The minimum absolute atomic E-state index is 0.0646. The molecule has 2 aromatic rings. The Kier molecular flexibility index (Phi) is 3.52. The third-order valence-corrected chi connectivity index (χ3v) is 2.35. The molecule has 5 heteroatoms. The number of halogens is 1. The SMILES string of the molecule is Nc1cc(F)ccc1C(=O)OCc1ccncc1. The molecule has 2 rings (SSSR count). The van der Waals surface area contributed by atoms with Crippen LogP contribution in [0.1, 0.15) is 15.9 Å². The summed E-state index contributed by atoms with van der Waals surface area (Å²) in [6, 6.07) is 7.03. The van der Waals surface area contributed by atoms with Crippen LogP contribution in [0.25, 0.3) is 0 Å². The molecule has 0 radical (unpaired) electrons. The zero-order valence-electron chi connectivity index (χ0n) is 9.47. The van der Waals surface area contributed by atoms with Gasteiger partial charge in [-0.15, -0.1) is 0 Å². The third kappa shape index (κ3) is 2.82. The van der Waals surface area contributed by atoms with Gasteiger partial charge in [-0.2, -0.15) is 0 Å². The summed E-state index contributed by atoms with van der Waals surface area (Å²) in [5.74, 6) is -1.07. The largest absolute Gasteiger partial charge is 0.457 e. The van der Waals surface area contributed by atoms with Gasteiger partial charge >= 0.3 is 5.97 Å². The quantitative estimate of drug-likeness (QED) is 0.665. The van der Waals surface area contributed by atoms with Crippen LogP contribution in [0.15, 0.2) is 42.7 Å². The van der Waals surface area contributed by atoms with Crippen LogP contribution in [0.4, 0.5) is 10.1 Å². The van der Waals surface area contributed by atoms with Crippen LogP contribution in [0.2, 0.25) is 0 Å². The molecular weight excluding hydrogens is 235 g/mol. The molecule has 0 saturated heterocycles. The first-order chi connectivity index (χ1) is 8.66. The highest BCUT2D eigenvalue weighted by molar-refractivity contribution is 5.94. The molecule has 1 aromatic heterocycles. The molecule has 2 N–H and O–H groups in total. The molecule has 0 aliphatic rings. The van der Waals surface area contributed by atoms with Crippen LogP contribution < -0.4 is 5.73 Å². The van der Waals surface area contributed by atoms with Gasteiger partial charge in [-0.25, -0.2) is 9.18 Å². The Balaban J connectivity index is 2.04. The van der Waals surface area contributed by atoms with Gasteiger partial charge in [0.1, 0.15) is 12.4 Å². The summed E-state index contributed by atoms with van der Waals surface area (Å²) < 4.78 is 17.9. The molecule has 0 fully saturated rings. The van der Waals surface area contributed by atoms with Crippen molar-refractivity contribution in [3.05, 3.63) is 59.7 Å². The molecule has 0 unspecified atom stereocenters. The first-order valence-electron chi connectivity index (χ1n) is 5.28. The molecule has 0 amide bonds. The van der Waals surface area contributed by atoms with Crippen molar-refractivity contribution in [2.24, 2.45) is 0 Å². The van der Waals surface area contributed by atoms with Crippen LogP contribution >= 0.6 is 0 Å². The highest BCUT2D eigenvalue weighted by Crippen LogP contribution is 2.15. The summed E-state index contributed by atoms with van der Waals surface area (Å²) >= 11 is 0. The average Bonchev–Trinajstić information content (AvgIpc) is 2.37. The summed E-state index contributed by atoms with van der Waals surface area (Å²) in [6.45, 7) is 0.123. The summed E-state index contributed by atoms with van der Waals surface area (Å²) in [4.78, 5) is 15.6. The minimum Gasteiger partial charge on any atom is -0.457 e. The fraction of sp³-hybridized carbons (Fsp3) is 0.0769. The summed E-state index contributed by atoms with van der Waals surface area (Å²) in [6.07, 6.45) is 3.21. The van der Waals surface area contributed by atoms with Gasteiger partial charge in [0.2, 0.25) is 0 Å². The Morgan fingerprint density at radius 2 is 2.00 bits per heavy atom. The van der Waals surface area contributed by atoms with Crippen LogP contribution in [-0.2, 0) is 11.3 Å². The van der Waals surface area contributed by atoms with E-state index in [2.05, 4.69) is 4.98 Å². The Morgan fingerprint density at radius 3 is 2.67 bits per heavy atom. The average molecular weight is 246 g/mol. The predicted octanol–water partition coefficient (Wildman–Crippen LogP) is 2.16. The molecule has 18 heavy (non-hydrogen) atoms. The second kappa shape index (κ2) is 5.27. The number of benzene rings is 1. The zero-order chi connectivity index (χ0) is 13.0. The fourth-order valence-corrected chi connectivity index (χ4v) is 1.43. The Morgan fingerprint density at radius 1 is 1.28 bits per heavy atom. The number of carbonyl (C=O) groups excluding carboxylic acids is 1. The number of pyridine rings is 1. The van der Waals surface area contributed by atoms with Crippen molar-refractivity contribution in [2.75, 3.05) is 5.73 Å². The number of nitrogens with two attached hydrogens (primary N) is 1. The molecular formula is C13H11FN2O2. The Labute approximate surface area is 103 Å². The van der Waals surface area contributed by atoms with Gasteiger partial charge in [-0.3, -0.25) is 4.98 Å². The maximum atomic E-state index is 12.8. The van der Waals surface area contributed by atoms with Crippen molar-refractivity contribution in [2.45, 2.75) is 6.61 Å². The topological polar surface area (TPSA) is 65.2 Å². The highest BCUT2D eigenvalue weighted by Gasteiger charge is 2.11. The number of aromatic nitrogens is 1. The van der Waals surface area contributed by atoms with E-state index in [1.165, 1.54) is 12.1 Å². The van der Waals surface area contributed by atoms with Gasteiger partial charge in [0.15, 0.2) is 0 Å². The lowest BCUT2D eigenvalue weighted by atomic mass is 10.2. The number of carbonyl (C=O) groups is 1. The number of esters is 1. The van der Waals surface area contributed by atoms with Crippen LogP contribution in [0, 0.1) is 5.82 Å². The Bertz CT molecular complexity index is 558. The van der Waals surface area contributed by atoms with E-state index < -0.39 is 11.8 Å². The molecule has 0 aliphatic heterocycles. The number of rotatable bonds is 3. The standard InChI is InChI=1S/C13H11FN2O2/c14-10-1-2-11(12(15)7-10)13(17)18-8-9-3-5-16-6-4-9/h1-7H,8,15H2. The van der Waals surface area contributed by atoms with Gasteiger partial charge in [-0.05, 0) is 35.9 Å². The van der Waals surface area contributed by atoms with Crippen LogP contribution in [0.3, 0.4) is 0 Å². The third-order valence-electron chi connectivity index (χ3n) is 2.35. The highest BCUT2D eigenvalue weighted by atomic mass is 19.1. The van der Waals surface area contributed by atoms with Crippen LogP contribution in [0.5, 0.6) is 0 Å². The van der Waals surface area contributed by atoms with Gasteiger partial charge in [0.25, 0.3) is 0 Å². The fourth-order valence-electron chi connectivity index (χ4n) is 1.43. The van der Waals surface area contributed by atoms with Crippen molar-refractivity contribution < 1.29 is 13.9 Å². The number of nitrogen functional groups attached to an aromatic ring is 1. The van der Waals surface area contributed by atoms with Crippen molar-refractivity contribution in [1.29, 1.82) is 0 Å². The number of nitrogens with zero attached hydrogens (tertiary/aromatic N) is 1. The van der Waals surface area contributed by atoms with Crippen molar-refractivity contribution in [3.63, 3.8) is 0 Å². The van der Waals surface area contributed by atoms with Gasteiger partial charge in [-0.1, -0.05) is 0 Å². The maximum absolute atomic E-state index is 12.8. The summed E-state index contributed by atoms with van der Waals surface area (Å²) in [5.41, 5.74) is 6.58. The zero-order valence-corrected chi connectivity index (χ0v) is 9.47. The van der Waals surface area contributed by atoms with E-state index in [0.717, 1.165) is 11.6 Å².